The molecule has 56 valence electrons. The molecular formula is C6H16N2S. The van der Waals surface area contributed by atoms with Crippen LogP contribution in [-0.2, 0) is 0 Å². The minimum absolute atomic E-state index is 0.457. The van der Waals surface area contributed by atoms with Crippen molar-refractivity contribution < 1.29 is 0 Å². The van der Waals surface area contributed by atoms with Gasteiger partial charge in [0, 0.05) is 5.25 Å². The van der Waals surface area contributed by atoms with Crippen molar-refractivity contribution >= 4 is 12.6 Å². The van der Waals surface area contributed by atoms with Gasteiger partial charge in [0.1, 0.15) is 0 Å². The fourth-order valence-corrected chi connectivity index (χ4v) is 1.02. The maximum absolute atomic E-state index is 5.32. The Hall–Kier alpha value is 0.270. The van der Waals surface area contributed by atoms with Gasteiger partial charge in [-0.25, -0.2) is 0 Å². The normalized spacial score (nSPS) is 13.7. The average Bonchev–Trinajstić information content (AvgIpc) is 1.85. The first-order valence-corrected chi connectivity index (χ1v) is 3.91. The van der Waals surface area contributed by atoms with Crippen molar-refractivity contribution in [3.05, 3.63) is 0 Å². The van der Waals surface area contributed by atoms with Crippen LogP contribution in [0.15, 0.2) is 0 Å². The monoisotopic (exact) mass is 148 g/mol. The zero-order valence-corrected chi connectivity index (χ0v) is 6.61. The van der Waals surface area contributed by atoms with Gasteiger partial charge in [-0.1, -0.05) is 0 Å². The van der Waals surface area contributed by atoms with Crippen LogP contribution in [0.4, 0.5) is 0 Å². The molecule has 0 radical (unpaired) electrons. The molecule has 2 nitrogen and oxygen atoms in total. The van der Waals surface area contributed by atoms with Crippen molar-refractivity contribution in [3.8, 4) is 0 Å². The van der Waals surface area contributed by atoms with Crippen molar-refractivity contribution in [2.75, 3.05) is 13.1 Å². The molecular weight excluding hydrogens is 132 g/mol. The molecule has 0 rings (SSSR count). The molecule has 0 bridgehead atoms. The summed E-state index contributed by atoms with van der Waals surface area (Å²) in [6.45, 7) is 1.50. The van der Waals surface area contributed by atoms with Crippen LogP contribution < -0.4 is 11.5 Å². The summed E-state index contributed by atoms with van der Waals surface area (Å²) in [5, 5.41) is 0.457. The van der Waals surface area contributed by atoms with Crippen LogP contribution in [0.25, 0.3) is 0 Å². The van der Waals surface area contributed by atoms with Crippen LogP contribution in [0.1, 0.15) is 19.3 Å². The summed E-state index contributed by atoms with van der Waals surface area (Å²) in [6.07, 6.45) is 3.16. The lowest BCUT2D eigenvalue weighted by molar-refractivity contribution is 0.671. The largest absolute Gasteiger partial charge is 0.330 e. The number of hydrogen-bond donors (Lipinski definition) is 3. The molecule has 1 unspecified atom stereocenters. The molecule has 0 saturated carbocycles. The van der Waals surface area contributed by atoms with Crippen LogP contribution in [0.5, 0.6) is 0 Å². The Balaban J connectivity index is 2.95. The van der Waals surface area contributed by atoms with Gasteiger partial charge < -0.3 is 11.5 Å². The van der Waals surface area contributed by atoms with E-state index in [1.165, 1.54) is 0 Å². The summed E-state index contributed by atoms with van der Waals surface area (Å²) in [5.74, 6) is 0. The van der Waals surface area contributed by atoms with Gasteiger partial charge in [0.2, 0.25) is 0 Å². The molecule has 0 fully saturated rings. The summed E-state index contributed by atoms with van der Waals surface area (Å²) in [6, 6.07) is 0. The van der Waals surface area contributed by atoms with E-state index < -0.39 is 0 Å². The Labute approximate surface area is 62.4 Å². The lowest BCUT2D eigenvalue weighted by Crippen LogP contribution is -2.10. The smallest absolute Gasteiger partial charge is 0.00292 e. The second-order valence-electron chi connectivity index (χ2n) is 2.16. The van der Waals surface area contributed by atoms with E-state index in [0.717, 1.165) is 32.4 Å². The fourth-order valence-electron chi connectivity index (χ4n) is 0.690. The van der Waals surface area contributed by atoms with Gasteiger partial charge >= 0.3 is 0 Å². The molecule has 0 aliphatic heterocycles. The quantitative estimate of drug-likeness (QED) is 0.493. The summed E-state index contributed by atoms with van der Waals surface area (Å²) < 4.78 is 0. The van der Waals surface area contributed by atoms with E-state index in [9.17, 15) is 0 Å². The van der Waals surface area contributed by atoms with Gasteiger partial charge in [-0.05, 0) is 32.4 Å². The zero-order valence-electron chi connectivity index (χ0n) is 5.71. The van der Waals surface area contributed by atoms with Gasteiger partial charge in [-0.3, -0.25) is 0 Å². The first kappa shape index (κ1) is 9.27. The van der Waals surface area contributed by atoms with Crippen molar-refractivity contribution in [1.82, 2.24) is 0 Å². The first-order chi connectivity index (χ1) is 4.31. The van der Waals surface area contributed by atoms with E-state index in [0.29, 0.717) is 5.25 Å². The van der Waals surface area contributed by atoms with E-state index in [1.54, 1.807) is 0 Å². The molecule has 0 aliphatic carbocycles. The molecule has 0 heterocycles. The van der Waals surface area contributed by atoms with E-state index in [1.807, 2.05) is 0 Å². The summed E-state index contributed by atoms with van der Waals surface area (Å²) >= 11 is 4.31. The molecule has 0 aromatic heterocycles. The highest BCUT2D eigenvalue weighted by Gasteiger charge is 1.98. The van der Waals surface area contributed by atoms with Gasteiger partial charge in [-0.15, -0.1) is 0 Å². The third kappa shape index (κ3) is 6.15. The molecule has 4 N–H and O–H groups in total. The number of rotatable bonds is 5. The maximum atomic E-state index is 5.32. The van der Waals surface area contributed by atoms with E-state index in [-0.39, 0.29) is 0 Å². The Morgan fingerprint density at radius 2 is 1.78 bits per heavy atom. The number of nitrogens with two attached hydrogens (primary N) is 2. The molecule has 0 amide bonds. The van der Waals surface area contributed by atoms with Crippen LogP contribution >= 0.6 is 12.6 Å². The van der Waals surface area contributed by atoms with Crippen LogP contribution in [0.2, 0.25) is 0 Å². The van der Waals surface area contributed by atoms with Gasteiger partial charge in [-0.2, -0.15) is 12.6 Å². The van der Waals surface area contributed by atoms with Crippen molar-refractivity contribution in [1.29, 1.82) is 0 Å². The lowest BCUT2D eigenvalue weighted by atomic mass is 10.2. The zero-order chi connectivity index (χ0) is 7.11. The van der Waals surface area contributed by atoms with Crippen LogP contribution in [0, 0.1) is 0 Å². The van der Waals surface area contributed by atoms with Gasteiger partial charge in [0.25, 0.3) is 0 Å². The first-order valence-electron chi connectivity index (χ1n) is 3.39. The molecule has 0 spiro atoms. The Kier molecular flexibility index (Phi) is 6.58. The second kappa shape index (κ2) is 6.39. The van der Waals surface area contributed by atoms with E-state index >= 15 is 0 Å². The summed E-state index contributed by atoms with van der Waals surface area (Å²) in [7, 11) is 0. The molecule has 0 aliphatic rings. The fraction of sp³-hybridized carbons (Fsp3) is 1.00. The summed E-state index contributed by atoms with van der Waals surface area (Å²) in [4.78, 5) is 0. The Morgan fingerprint density at radius 3 is 2.22 bits per heavy atom. The Morgan fingerprint density at radius 1 is 1.11 bits per heavy atom. The topological polar surface area (TPSA) is 52.0 Å². The Bertz CT molecular complexity index is 59.0. The molecule has 3 heteroatoms. The summed E-state index contributed by atoms with van der Waals surface area (Å²) in [5.41, 5.74) is 10.6. The highest BCUT2D eigenvalue weighted by Crippen LogP contribution is 2.06. The SMILES string of the molecule is NCCCC(S)CCN. The lowest BCUT2D eigenvalue weighted by Gasteiger charge is -2.06. The number of thiol groups is 1. The minimum Gasteiger partial charge on any atom is -0.330 e. The molecule has 0 aromatic carbocycles. The third-order valence-electron chi connectivity index (χ3n) is 1.24. The third-order valence-corrected chi connectivity index (χ3v) is 1.76. The molecule has 1 atom stereocenters. The van der Waals surface area contributed by atoms with Crippen LogP contribution in [0.3, 0.4) is 0 Å². The van der Waals surface area contributed by atoms with Crippen LogP contribution in [-0.4, -0.2) is 18.3 Å². The minimum atomic E-state index is 0.457. The van der Waals surface area contributed by atoms with E-state index in [4.69, 9.17) is 11.5 Å². The molecule has 0 aromatic rings. The average molecular weight is 148 g/mol. The van der Waals surface area contributed by atoms with Crippen molar-refractivity contribution in [2.24, 2.45) is 11.5 Å². The van der Waals surface area contributed by atoms with Crippen molar-refractivity contribution in [3.63, 3.8) is 0 Å². The molecule has 9 heavy (non-hydrogen) atoms. The predicted octanol–water partition coefficient (Wildman–Crippen LogP) is 0.373. The predicted molar refractivity (Wildman–Crippen MR) is 44.7 cm³/mol. The standard InChI is InChI=1S/C6H16N2S/c7-4-1-2-6(9)3-5-8/h6,9H,1-5,7-8H2. The number of hydrogen-bond acceptors (Lipinski definition) is 3. The molecule has 0 saturated heterocycles. The second-order valence-corrected chi connectivity index (χ2v) is 2.89. The van der Waals surface area contributed by atoms with Gasteiger partial charge in [0.15, 0.2) is 0 Å². The highest BCUT2D eigenvalue weighted by atomic mass is 32.1. The highest BCUT2D eigenvalue weighted by molar-refractivity contribution is 7.80. The van der Waals surface area contributed by atoms with Crippen molar-refractivity contribution in [2.45, 2.75) is 24.5 Å². The maximum Gasteiger partial charge on any atom is 0.00292 e. The van der Waals surface area contributed by atoms with E-state index in [2.05, 4.69) is 12.6 Å². The van der Waals surface area contributed by atoms with Gasteiger partial charge in [0.05, 0.1) is 0 Å².